The SMILES string of the molecule is Cc1cc(C)c(S(=O)(=O)N2CCCC(CCCS(=O)(=O)N3CCC(CCN4CCCC4)CC3)C2)c(C)c1.Cl. The summed E-state index contributed by atoms with van der Waals surface area (Å²) in [6.45, 7) is 11.7. The molecule has 7 nitrogen and oxygen atoms in total. The molecule has 4 rings (SSSR count). The van der Waals surface area contributed by atoms with E-state index in [9.17, 15) is 16.8 Å². The highest BCUT2D eigenvalue weighted by molar-refractivity contribution is 7.89. The highest BCUT2D eigenvalue weighted by atomic mass is 35.5. The van der Waals surface area contributed by atoms with Crippen LogP contribution in [-0.4, -0.2) is 81.9 Å². The molecule has 3 aliphatic rings. The summed E-state index contributed by atoms with van der Waals surface area (Å²) in [5, 5.41) is 0. The molecular weight excluding hydrogens is 542 g/mol. The van der Waals surface area contributed by atoms with Gasteiger partial charge in [-0.2, -0.15) is 4.31 Å². The molecule has 1 aromatic rings. The average molecular weight is 590 g/mol. The van der Waals surface area contributed by atoms with E-state index >= 15 is 0 Å². The van der Waals surface area contributed by atoms with Gasteiger partial charge in [0.15, 0.2) is 0 Å². The van der Waals surface area contributed by atoms with Crippen LogP contribution in [0.4, 0.5) is 0 Å². The van der Waals surface area contributed by atoms with Crippen molar-refractivity contribution in [1.29, 1.82) is 0 Å². The Bertz CT molecular complexity index is 1110. The molecule has 1 unspecified atom stereocenters. The van der Waals surface area contributed by atoms with Gasteiger partial charge in [0, 0.05) is 26.2 Å². The van der Waals surface area contributed by atoms with Crippen LogP contribution in [0, 0.1) is 32.6 Å². The normalized spacial score (nSPS) is 23.0. The van der Waals surface area contributed by atoms with Crippen molar-refractivity contribution in [3.05, 3.63) is 28.8 Å². The summed E-state index contributed by atoms with van der Waals surface area (Å²) >= 11 is 0. The maximum Gasteiger partial charge on any atom is 0.243 e. The van der Waals surface area contributed by atoms with Crippen LogP contribution in [0.1, 0.15) is 74.5 Å². The van der Waals surface area contributed by atoms with Gasteiger partial charge in [-0.05, 0) is 121 Å². The van der Waals surface area contributed by atoms with Crippen molar-refractivity contribution < 1.29 is 16.8 Å². The van der Waals surface area contributed by atoms with E-state index in [1.807, 2.05) is 32.9 Å². The van der Waals surface area contributed by atoms with Gasteiger partial charge < -0.3 is 4.90 Å². The number of sulfonamides is 2. The van der Waals surface area contributed by atoms with Gasteiger partial charge in [0.05, 0.1) is 10.6 Å². The van der Waals surface area contributed by atoms with Crippen LogP contribution in [0.25, 0.3) is 0 Å². The first kappa shape index (κ1) is 31.8. The molecule has 3 fully saturated rings. The Morgan fingerprint density at radius 3 is 2.03 bits per heavy atom. The van der Waals surface area contributed by atoms with Crippen molar-refractivity contribution in [1.82, 2.24) is 13.5 Å². The molecule has 0 aliphatic carbocycles. The molecular formula is C28H48ClN3O4S2. The van der Waals surface area contributed by atoms with Crippen molar-refractivity contribution in [3.8, 4) is 0 Å². The Hall–Kier alpha value is -0.710. The lowest BCUT2D eigenvalue weighted by molar-refractivity contribution is 0.231. The molecule has 3 aliphatic heterocycles. The van der Waals surface area contributed by atoms with Crippen molar-refractivity contribution >= 4 is 32.5 Å². The predicted molar refractivity (Wildman–Crippen MR) is 157 cm³/mol. The quantitative estimate of drug-likeness (QED) is 0.394. The highest BCUT2D eigenvalue weighted by Crippen LogP contribution is 2.31. The molecule has 1 atom stereocenters. The van der Waals surface area contributed by atoms with Crippen LogP contribution in [-0.2, 0) is 20.0 Å². The van der Waals surface area contributed by atoms with E-state index in [-0.39, 0.29) is 24.1 Å². The molecule has 0 spiro atoms. The zero-order valence-electron chi connectivity index (χ0n) is 23.5. The smallest absolute Gasteiger partial charge is 0.243 e. The van der Waals surface area contributed by atoms with Gasteiger partial charge in [-0.15, -0.1) is 12.4 Å². The number of rotatable bonds is 10. The molecule has 38 heavy (non-hydrogen) atoms. The molecule has 10 heteroatoms. The number of halogens is 1. The molecule has 0 amide bonds. The van der Waals surface area contributed by atoms with Gasteiger partial charge in [-0.25, -0.2) is 21.1 Å². The summed E-state index contributed by atoms with van der Waals surface area (Å²) in [5.74, 6) is 1.02. The van der Waals surface area contributed by atoms with Gasteiger partial charge >= 0.3 is 0 Å². The standard InChI is InChI=1S/C28H47N3O4S2.ClH/c1-23-20-24(2)28(25(3)21-23)37(34,35)31-15-6-8-27(22-31)9-7-19-36(32,33)30-17-11-26(12-18-30)10-16-29-13-4-5-14-29;/h20-21,26-27H,4-19,22H2,1-3H3;1H. The second kappa shape index (κ2) is 13.8. The van der Waals surface area contributed by atoms with Crippen molar-refractivity contribution in [3.63, 3.8) is 0 Å². The Morgan fingerprint density at radius 2 is 1.39 bits per heavy atom. The van der Waals surface area contributed by atoms with Gasteiger partial charge in [-0.3, -0.25) is 0 Å². The van der Waals surface area contributed by atoms with Crippen LogP contribution >= 0.6 is 12.4 Å². The van der Waals surface area contributed by atoms with Crippen LogP contribution in [0.15, 0.2) is 17.0 Å². The molecule has 218 valence electrons. The third-order valence-electron chi connectivity index (χ3n) is 8.72. The minimum absolute atomic E-state index is 0. The molecule has 0 radical (unpaired) electrons. The fraction of sp³-hybridized carbons (Fsp3) is 0.786. The first-order valence-electron chi connectivity index (χ1n) is 14.3. The van der Waals surface area contributed by atoms with E-state index in [0.717, 1.165) is 55.3 Å². The van der Waals surface area contributed by atoms with E-state index in [1.54, 1.807) is 8.61 Å². The van der Waals surface area contributed by atoms with E-state index in [2.05, 4.69) is 4.90 Å². The maximum absolute atomic E-state index is 13.5. The number of nitrogens with zero attached hydrogens (tertiary/aromatic N) is 3. The fourth-order valence-corrected chi connectivity index (χ4v) is 10.2. The minimum atomic E-state index is -3.56. The van der Waals surface area contributed by atoms with Gasteiger partial charge in [0.1, 0.15) is 0 Å². The lowest BCUT2D eigenvalue weighted by Crippen LogP contribution is -2.41. The van der Waals surface area contributed by atoms with Crippen molar-refractivity contribution in [2.75, 3.05) is 51.6 Å². The number of likely N-dealkylation sites (tertiary alicyclic amines) is 1. The molecule has 3 saturated heterocycles. The van der Waals surface area contributed by atoms with Crippen LogP contribution in [0.3, 0.4) is 0 Å². The number of hydrogen-bond donors (Lipinski definition) is 0. The lowest BCUT2D eigenvalue weighted by atomic mass is 9.94. The minimum Gasteiger partial charge on any atom is -0.303 e. The Morgan fingerprint density at radius 1 is 0.763 bits per heavy atom. The van der Waals surface area contributed by atoms with E-state index in [0.29, 0.717) is 43.4 Å². The largest absolute Gasteiger partial charge is 0.303 e. The number of benzene rings is 1. The second-order valence-electron chi connectivity index (χ2n) is 11.7. The lowest BCUT2D eigenvalue weighted by Gasteiger charge is -2.33. The second-order valence-corrected chi connectivity index (χ2v) is 15.7. The average Bonchev–Trinajstić information content (AvgIpc) is 3.36. The number of hydrogen-bond acceptors (Lipinski definition) is 5. The van der Waals surface area contributed by atoms with Gasteiger partial charge in [0.25, 0.3) is 0 Å². The first-order valence-corrected chi connectivity index (χ1v) is 17.4. The van der Waals surface area contributed by atoms with Crippen LogP contribution in [0.2, 0.25) is 0 Å². The van der Waals surface area contributed by atoms with Crippen molar-refractivity contribution in [2.24, 2.45) is 11.8 Å². The maximum atomic E-state index is 13.5. The summed E-state index contributed by atoms with van der Waals surface area (Å²) < 4.78 is 56.4. The Labute approximate surface area is 237 Å². The van der Waals surface area contributed by atoms with Crippen LogP contribution in [0.5, 0.6) is 0 Å². The Balaban J connectivity index is 0.00000400. The molecule has 0 bridgehead atoms. The van der Waals surface area contributed by atoms with E-state index in [4.69, 9.17) is 0 Å². The predicted octanol–water partition coefficient (Wildman–Crippen LogP) is 4.74. The summed E-state index contributed by atoms with van der Waals surface area (Å²) in [7, 11) is -6.80. The first-order chi connectivity index (χ1) is 17.6. The van der Waals surface area contributed by atoms with Crippen molar-refractivity contribution in [2.45, 2.75) is 83.5 Å². The summed E-state index contributed by atoms with van der Waals surface area (Å²) in [6.07, 6.45) is 8.90. The molecule has 1 aromatic carbocycles. The monoisotopic (exact) mass is 589 g/mol. The fourth-order valence-electron chi connectivity index (χ4n) is 6.71. The molecule has 0 aromatic heterocycles. The molecule has 0 N–H and O–H groups in total. The third-order valence-corrected chi connectivity index (χ3v) is 12.8. The van der Waals surface area contributed by atoms with E-state index < -0.39 is 20.0 Å². The summed E-state index contributed by atoms with van der Waals surface area (Å²) in [5.41, 5.74) is 2.66. The highest BCUT2D eigenvalue weighted by Gasteiger charge is 2.33. The van der Waals surface area contributed by atoms with Crippen LogP contribution < -0.4 is 0 Å². The van der Waals surface area contributed by atoms with E-state index in [1.165, 1.54) is 32.4 Å². The third kappa shape index (κ3) is 7.94. The zero-order chi connectivity index (χ0) is 26.6. The van der Waals surface area contributed by atoms with Gasteiger partial charge in [0.2, 0.25) is 20.0 Å². The Kier molecular flexibility index (Phi) is 11.5. The topological polar surface area (TPSA) is 78.0 Å². The molecule has 3 heterocycles. The summed E-state index contributed by atoms with van der Waals surface area (Å²) in [4.78, 5) is 2.98. The number of aryl methyl sites for hydroxylation is 3. The zero-order valence-corrected chi connectivity index (χ0v) is 26.0. The molecule has 0 saturated carbocycles. The number of piperidine rings is 2. The summed E-state index contributed by atoms with van der Waals surface area (Å²) in [6, 6.07) is 3.87. The van der Waals surface area contributed by atoms with Gasteiger partial charge in [-0.1, -0.05) is 17.7 Å².